The number of phenols is 1. The van der Waals surface area contributed by atoms with Crippen molar-refractivity contribution in [2.24, 2.45) is 0 Å². The molecular weight excluding hydrogens is 274 g/mol. The average Bonchev–Trinajstić information content (AvgIpc) is 2.33. The van der Waals surface area contributed by atoms with E-state index < -0.39 is 17.2 Å². The monoisotopic (exact) mass is 281 g/mol. The number of aromatic nitrogens is 2. The number of hydrogen-bond acceptors (Lipinski definition) is 4. The molecular formula is C11H8ClN3O4. The van der Waals surface area contributed by atoms with E-state index in [4.69, 9.17) is 11.6 Å². The number of aromatic amines is 2. The van der Waals surface area contributed by atoms with Gasteiger partial charge in [-0.3, -0.25) is 14.6 Å². The Kier molecular flexibility index (Phi) is 3.39. The smallest absolute Gasteiger partial charge is 0.325 e. The number of nitrogens with one attached hydrogen (secondary N) is 3. The van der Waals surface area contributed by atoms with Crippen molar-refractivity contribution in [2.75, 3.05) is 5.32 Å². The molecule has 0 bridgehead atoms. The van der Waals surface area contributed by atoms with Gasteiger partial charge in [0.05, 0.1) is 5.02 Å². The Morgan fingerprint density at radius 1 is 1.32 bits per heavy atom. The molecule has 0 aliphatic rings. The molecule has 7 nitrogen and oxygen atoms in total. The van der Waals surface area contributed by atoms with E-state index in [9.17, 15) is 19.5 Å². The molecule has 19 heavy (non-hydrogen) atoms. The lowest BCUT2D eigenvalue weighted by Gasteiger charge is -2.05. The van der Waals surface area contributed by atoms with Gasteiger partial charge in [-0.2, -0.15) is 0 Å². The lowest BCUT2D eigenvalue weighted by atomic mass is 10.2. The number of carbonyl (C=O) groups is 1. The van der Waals surface area contributed by atoms with Gasteiger partial charge in [-0.1, -0.05) is 11.6 Å². The minimum absolute atomic E-state index is 0.0631. The zero-order valence-corrected chi connectivity index (χ0v) is 10.1. The normalized spacial score (nSPS) is 10.2. The average molecular weight is 282 g/mol. The Bertz CT molecular complexity index is 750. The van der Waals surface area contributed by atoms with Crippen LogP contribution in [0.3, 0.4) is 0 Å². The van der Waals surface area contributed by atoms with E-state index >= 15 is 0 Å². The number of carbonyl (C=O) groups excluding carboxylic acids is 1. The van der Waals surface area contributed by atoms with Crippen LogP contribution in [0.4, 0.5) is 5.69 Å². The van der Waals surface area contributed by atoms with Crippen molar-refractivity contribution in [1.82, 2.24) is 9.97 Å². The molecule has 0 aliphatic carbocycles. The molecule has 2 rings (SSSR count). The molecule has 1 aromatic carbocycles. The first-order chi connectivity index (χ1) is 8.97. The van der Waals surface area contributed by atoms with Gasteiger partial charge in [-0.15, -0.1) is 0 Å². The van der Waals surface area contributed by atoms with Crippen LogP contribution in [0.1, 0.15) is 10.4 Å². The second kappa shape index (κ2) is 4.99. The fraction of sp³-hybridized carbons (Fsp3) is 0. The molecule has 8 heteroatoms. The van der Waals surface area contributed by atoms with Crippen molar-refractivity contribution in [3.05, 3.63) is 55.8 Å². The summed E-state index contributed by atoms with van der Waals surface area (Å²) < 4.78 is 0. The number of benzene rings is 1. The summed E-state index contributed by atoms with van der Waals surface area (Å²) in [5.41, 5.74) is -1.44. The molecule has 1 aromatic heterocycles. The summed E-state index contributed by atoms with van der Waals surface area (Å²) in [6, 6.07) is 4.04. The summed E-state index contributed by atoms with van der Waals surface area (Å²) >= 11 is 5.68. The van der Waals surface area contributed by atoms with E-state index in [0.717, 1.165) is 6.20 Å². The molecule has 0 radical (unpaired) electrons. The highest BCUT2D eigenvalue weighted by atomic mass is 35.5. The molecule has 0 saturated carbocycles. The third-order valence-corrected chi connectivity index (χ3v) is 2.57. The van der Waals surface area contributed by atoms with E-state index in [1.807, 2.05) is 4.98 Å². The Balaban J connectivity index is 2.28. The molecule has 0 fully saturated rings. The number of aromatic hydroxyl groups is 1. The van der Waals surface area contributed by atoms with Gasteiger partial charge in [-0.05, 0) is 18.2 Å². The first-order valence-corrected chi connectivity index (χ1v) is 5.47. The van der Waals surface area contributed by atoms with Crippen LogP contribution in [0.15, 0.2) is 34.0 Å². The summed E-state index contributed by atoms with van der Waals surface area (Å²) in [5, 5.41) is 11.7. The molecule has 1 amide bonds. The minimum atomic E-state index is -0.800. The van der Waals surface area contributed by atoms with E-state index in [-0.39, 0.29) is 16.3 Å². The van der Waals surface area contributed by atoms with Crippen LogP contribution < -0.4 is 16.6 Å². The fourth-order valence-corrected chi connectivity index (χ4v) is 1.54. The molecule has 2 aromatic rings. The molecule has 0 saturated heterocycles. The Morgan fingerprint density at radius 2 is 2.05 bits per heavy atom. The second-order valence-corrected chi connectivity index (χ2v) is 4.01. The van der Waals surface area contributed by atoms with Crippen LogP contribution in [-0.4, -0.2) is 21.0 Å². The van der Waals surface area contributed by atoms with E-state index in [2.05, 4.69) is 10.3 Å². The number of amides is 1. The Morgan fingerprint density at radius 3 is 2.68 bits per heavy atom. The predicted molar refractivity (Wildman–Crippen MR) is 68.8 cm³/mol. The van der Waals surface area contributed by atoms with Crippen LogP contribution in [0.5, 0.6) is 5.75 Å². The van der Waals surface area contributed by atoms with Crippen molar-refractivity contribution < 1.29 is 9.90 Å². The van der Waals surface area contributed by atoms with Gasteiger partial charge in [0.1, 0.15) is 11.3 Å². The highest BCUT2D eigenvalue weighted by Gasteiger charge is 2.11. The summed E-state index contributed by atoms with van der Waals surface area (Å²) in [6.07, 6.45) is 1.01. The molecule has 1 heterocycles. The zero-order valence-electron chi connectivity index (χ0n) is 9.36. The van der Waals surface area contributed by atoms with Crippen LogP contribution in [0, 0.1) is 0 Å². The second-order valence-electron chi connectivity index (χ2n) is 3.61. The molecule has 4 N–H and O–H groups in total. The van der Waals surface area contributed by atoms with Gasteiger partial charge >= 0.3 is 5.69 Å². The third kappa shape index (κ3) is 2.83. The van der Waals surface area contributed by atoms with Gasteiger partial charge in [-0.25, -0.2) is 4.79 Å². The summed E-state index contributed by atoms with van der Waals surface area (Å²) in [6.45, 7) is 0. The Labute approximate surface area is 110 Å². The number of hydrogen-bond donors (Lipinski definition) is 4. The van der Waals surface area contributed by atoms with Crippen LogP contribution in [-0.2, 0) is 0 Å². The van der Waals surface area contributed by atoms with Gasteiger partial charge < -0.3 is 15.4 Å². The highest BCUT2D eigenvalue weighted by molar-refractivity contribution is 6.32. The van der Waals surface area contributed by atoms with Crippen LogP contribution >= 0.6 is 11.6 Å². The number of H-pyrrole nitrogens is 2. The summed E-state index contributed by atoms with van der Waals surface area (Å²) in [7, 11) is 0. The highest BCUT2D eigenvalue weighted by Crippen LogP contribution is 2.26. The van der Waals surface area contributed by atoms with Gasteiger partial charge in [0.25, 0.3) is 11.5 Å². The van der Waals surface area contributed by atoms with Gasteiger partial charge in [0.15, 0.2) is 0 Å². The van der Waals surface area contributed by atoms with E-state index in [0.29, 0.717) is 5.69 Å². The molecule has 0 atom stereocenters. The largest absolute Gasteiger partial charge is 0.506 e. The lowest BCUT2D eigenvalue weighted by molar-refractivity contribution is 0.102. The topological polar surface area (TPSA) is 115 Å². The zero-order chi connectivity index (χ0) is 14.0. The predicted octanol–water partition coefficient (Wildman–Crippen LogP) is 0.674. The standard InChI is InChI=1S/C11H8ClN3O4/c12-7-3-5(1-2-8(7)16)14-9(17)6-4-13-11(19)15-10(6)18/h1-4,16H,(H,14,17)(H2,13,15,18,19). The molecule has 98 valence electrons. The molecule has 0 unspecified atom stereocenters. The minimum Gasteiger partial charge on any atom is -0.506 e. The van der Waals surface area contributed by atoms with E-state index in [1.54, 1.807) is 0 Å². The van der Waals surface area contributed by atoms with Crippen molar-refractivity contribution in [3.63, 3.8) is 0 Å². The first-order valence-electron chi connectivity index (χ1n) is 5.09. The maximum absolute atomic E-state index is 11.8. The third-order valence-electron chi connectivity index (χ3n) is 2.27. The van der Waals surface area contributed by atoms with Crippen molar-refractivity contribution in [1.29, 1.82) is 0 Å². The number of phenolic OH excluding ortho intramolecular Hbond substituents is 1. The quantitative estimate of drug-likeness (QED) is 0.606. The van der Waals surface area contributed by atoms with Crippen molar-refractivity contribution in [3.8, 4) is 5.75 Å². The van der Waals surface area contributed by atoms with Crippen molar-refractivity contribution >= 4 is 23.2 Å². The maximum atomic E-state index is 11.8. The summed E-state index contributed by atoms with van der Waals surface area (Å²) in [5.74, 6) is -0.833. The molecule has 0 spiro atoms. The number of halogens is 1. The maximum Gasteiger partial charge on any atom is 0.325 e. The van der Waals surface area contributed by atoms with Crippen LogP contribution in [0.25, 0.3) is 0 Å². The lowest BCUT2D eigenvalue weighted by Crippen LogP contribution is -2.29. The van der Waals surface area contributed by atoms with Gasteiger partial charge in [0.2, 0.25) is 0 Å². The van der Waals surface area contributed by atoms with Crippen molar-refractivity contribution in [2.45, 2.75) is 0 Å². The fourth-order valence-electron chi connectivity index (χ4n) is 1.36. The van der Waals surface area contributed by atoms with Gasteiger partial charge in [0, 0.05) is 11.9 Å². The SMILES string of the molecule is O=C(Nc1ccc(O)c(Cl)c1)c1c[nH]c(=O)[nH]c1=O. The van der Waals surface area contributed by atoms with Crippen LogP contribution in [0.2, 0.25) is 5.02 Å². The van der Waals surface area contributed by atoms with E-state index in [1.165, 1.54) is 18.2 Å². The first kappa shape index (κ1) is 12.9. The molecule has 0 aliphatic heterocycles. The Hall–Kier alpha value is -2.54. The number of rotatable bonds is 2. The summed E-state index contributed by atoms with van der Waals surface area (Å²) in [4.78, 5) is 38.1. The number of anilines is 1.